The second kappa shape index (κ2) is 6.25. The molecular formula is C12H14ClF3N2O. The van der Waals surface area contributed by atoms with Gasteiger partial charge in [-0.1, -0.05) is 24.9 Å². The molecule has 7 heteroatoms. The zero-order chi connectivity index (χ0) is 14.6. The lowest BCUT2D eigenvalue weighted by atomic mass is 10.1. The lowest BCUT2D eigenvalue weighted by Crippen LogP contribution is -2.35. The Morgan fingerprint density at radius 2 is 2.11 bits per heavy atom. The van der Waals surface area contributed by atoms with Gasteiger partial charge < -0.3 is 11.1 Å². The fourth-order valence-corrected chi connectivity index (χ4v) is 1.63. The lowest BCUT2D eigenvalue weighted by molar-refractivity contribution is -0.137. The molecule has 0 aromatic heterocycles. The van der Waals surface area contributed by atoms with Crippen LogP contribution in [0.25, 0.3) is 0 Å². The molecule has 3 nitrogen and oxygen atoms in total. The van der Waals surface area contributed by atoms with Crippen molar-refractivity contribution in [1.29, 1.82) is 0 Å². The van der Waals surface area contributed by atoms with Crippen LogP contribution in [0.3, 0.4) is 0 Å². The van der Waals surface area contributed by atoms with Crippen molar-refractivity contribution in [1.82, 2.24) is 0 Å². The Balaban J connectivity index is 2.92. The van der Waals surface area contributed by atoms with Gasteiger partial charge in [0.25, 0.3) is 0 Å². The van der Waals surface area contributed by atoms with Gasteiger partial charge in [-0.05, 0) is 24.6 Å². The fraction of sp³-hybridized carbons (Fsp3) is 0.417. The third kappa shape index (κ3) is 4.40. The number of nitrogens with one attached hydrogen (secondary N) is 1. The Bertz CT molecular complexity index is 463. The highest BCUT2D eigenvalue weighted by Gasteiger charge is 2.31. The Hall–Kier alpha value is -1.27. The number of alkyl halides is 3. The smallest absolute Gasteiger partial charge is 0.323 e. The van der Waals surface area contributed by atoms with E-state index >= 15 is 0 Å². The maximum Gasteiger partial charge on any atom is 0.416 e. The molecule has 0 bridgehead atoms. The summed E-state index contributed by atoms with van der Waals surface area (Å²) in [7, 11) is 0. The van der Waals surface area contributed by atoms with Crippen LogP contribution in [0.15, 0.2) is 18.2 Å². The maximum absolute atomic E-state index is 12.5. The summed E-state index contributed by atoms with van der Waals surface area (Å²) in [6.07, 6.45) is -3.34. The summed E-state index contributed by atoms with van der Waals surface area (Å²) in [5.41, 5.74) is 4.60. The van der Waals surface area contributed by atoms with E-state index < -0.39 is 23.7 Å². The van der Waals surface area contributed by atoms with Gasteiger partial charge in [0.15, 0.2) is 0 Å². The first-order chi connectivity index (χ1) is 8.75. The Labute approximate surface area is 113 Å². The van der Waals surface area contributed by atoms with Crippen molar-refractivity contribution in [3.05, 3.63) is 28.8 Å². The molecule has 0 aliphatic heterocycles. The van der Waals surface area contributed by atoms with Crippen LogP contribution in [0.5, 0.6) is 0 Å². The molecule has 1 amide bonds. The van der Waals surface area contributed by atoms with Gasteiger partial charge >= 0.3 is 6.18 Å². The first kappa shape index (κ1) is 15.8. The highest BCUT2D eigenvalue weighted by molar-refractivity contribution is 6.33. The van der Waals surface area contributed by atoms with E-state index in [-0.39, 0.29) is 10.7 Å². The van der Waals surface area contributed by atoms with Gasteiger partial charge in [-0.15, -0.1) is 0 Å². The highest BCUT2D eigenvalue weighted by atomic mass is 35.5. The van der Waals surface area contributed by atoms with Gasteiger partial charge in [-0.3, -0.25) is 4.79 Å². The molecule has 1 atom stereocenters. The van der Waals surface area contributed by atoms with Crippen LogP contribution >= 0.6 is 11.6 Å². The van der Waals surface area contributed by atoms with E-state index in [0.29, 0.717) is 12.8 Å². The molecule has 1 rings (SSSR count). The summed E-state index contributed by atoms with van der Waals surface area (Å²) in [6, 6.07) is 1.96. The zero-order valence-electron chi connectivity index (χ0n) is 10.2. The minimum absolute atomic E-state index is 0.0325. The van der Waals surface area contributed by atoms with Crippen molar-refractivity contribution in [3.8, 4) is 0 Å². The van der Waals surface area contributed by atoms with Crippen molar-refractivity contribution in [2.24, 2.45) is 5.73 Å². The molecule has 1 unspecified atom stereocenters. The predicted molar refractivity (Wildman–Crippen MR) is 68.0 cm³/mol. The predicted octanol–water partition coefficient (Wildman–Crippen LogP) is 3.42. The number of halogens is 4. The minimum Gasteiger partial charge on any atom is -0.323 e. The number of hydrogen-bond donors (Lipinski definition) is 2. The SMILES string of the molecule is CCCC(N)C(=O)Nc1cc(C(F)(F)F)ccc1Cl. The normalized spacial score (nSPS) is 13.2. The Kier molecular flexibility index (Phi) is 5.20. The van der Waals surface area contributed by atoms with E-state index in [9.17, 15) is 18.0 Å². The summed E-state index contributed by atoms with van der Waals surface area (Å²) < 4.78 is 37.6. The number of benzene rings is 1. The number of hydrogen-bond acceptors (Lipinski definition) is 2. The Morgan fingerprint density at radius 3 is 2.63 bits per heavy atom. The van der Waals surface area contributed by atoms with Gasteiger partial charge in [-0.25, -0.2) is 0 Å². The first-order valence-corrected chi connectivity index (χ1v) is 6.06. The highest BCUT2D eigenvalue weighted by Crippen LogP contribution is 2.33. The van der Waals surface area contributed by atoms with Crippen LogP contribution < -0.4 is 11.1 Å². The number of carbonyl (C=O) groups excluding carboxylic acids is 1. The van der Waals surface area contributed by atoms with Gasteiger partial charge in [0.2, 0.25) is 5.91 Å². The lowest BCUT2D eigenvalue weighted by Gasteiger charge is -2.14. The molecule has 0 spiro atoms. The monoisotopic (exact) mass is 294 g/mol. The van der Waals surface area contributed by atoms with Crippen molar-refractivity contribution in [2.45, 2.75) is 32.0 Å². The van der Waals surface area contributed by atoms with Crippen molar-refractivity contribution in [3.63, 3.8) is 0 Å². The van der Waals surface area contributed by atoms with Gasteiger partial charge in [0.05, 0.1) is 22.3 Å². The van der Waals surface area contributed by atoms with Crippen LogP contribution in [0.2, 0.25) is 5.02 Å². The minimum atomic E-state index is -4.49. The van der Waals surface area contributed by atoms with E-state index in [1.165, 1.54) is 0 Å². The van der Waals surface area contributed by atoms with Crippen molar-refractivity contribution in [2.75, 3.05) is 5.32 Å². The van der Waals surface area contributed by atoms with Crippen molar-refractivity contribution < 1.29 is 18.0 Å². The molecule has 1 aromatic rings. The molecule has 0 aliphatic carbocycles. The van der Waals surface area contributed by atoms with Crippen molar-refractivity contribution >= 4 is 23.2 Å². The molecule has 0 radical (unpaired) electrons. The molecule has 3 N–H and O–H groups in total. The summed E-state index contributed by atoms with van der Waals surface area (Å²) in [6.45, 7) is 1.85. The topological polar surface area (TPSA) is 55.1 Å². The van der Waals surface area contributed by atoms with Crippen LogP contribution in [0.4, 0.5) is 18.9 Å². The molecule has 0 fully saturated rings. The maximum atomic E-state index is 12.5. The second-order valence-electron chi connectivity index (χ2n) is 4.08. The molecule has 19 heavy (non-hydrogen) atoms. The van der Waals surface area contributed by atoms with Crippen LogP contribution in [0, 0.1) is 0 Å². The van der Waals surface area contributed by atoms with Gasteiger partial charge in [-0.2, -0.15) is 13.2 Å². The fourth-order valence-electron chi connectivity index (χ4n) is 1.46. The Morgan fingerprint density at radius 1 is 1.47 bits per heavy atom. The molecule has 0 saturated carbocycles. The van der Waals surface area contributed by atoms with Crippen LogP contribution in [-0.2, 0) is 11.0 Å². The number of rotatable bonds is 4. The number of nitrogens with two attached hydrogens (primary N) is 1. The number of anilines is 1. The molecule has 1 aromatic carbocycles. The average Bonchev–Trinajstić information content (AvgIpc) is 2.30. The number of amides is 1. The van der Waals surface area contributed by atoms with E-state index in [1.54, 1.807) is 0 Å². The van der Waals surface area contributed by atoms with Gasteiger partial charge in [0.1, 0.15) is 0 Å². The zero-order valence-corrected chi connectivity index (χ0v) is 11.0. The molecule has 0 saturated heterocycles. The van der Waals surface area contributed by atoms with Crippen LogP contribution in [0.1, 0.15) is 25.3 Å². The quantitative estimate of drug-likeness (QED) is 0.894. The summed E-state index contributed by atoms with van der Waals surface area (Å²) in [5.74, 6) is -0.553. The standard InChI is InChI=1S/C12H14ClF3N2O/c1-2-3-9(17)11(19)18-10-6-7(12(14,15)16)4-5-8(10)13/h4-6,9H,2-3,17H2,1H3,(H,18,19). The molecule has 0 heterocycles. The summed E-state index contributed by atoms with van der Waals surface area (Å²) in [4.78, 5) is 11.6. The van der Waals surface area contributed by atoms with Crippen LogP contribution in [-0.4, -0.2) is 11.9 Å². The summed E-state index contributed by atoms with van der Waals surface area (Å²) >= 11 is 5.75. The van der Waals surface area contributed by atoms with Gasteiger partial charge in [0, 0.05) is 0 Å². The van der Waals surface area contributed by atoms with E-state index in [2.05, 4.69) is 5.32 Å². The third-order valence-corrected chi connectivity index (χ3v) is 2.82. The van der Waals surface area contributed by atoms with E-state index in [0.717, 1.165) is 18.2 Å². The average molecular weight is 295 g/mol. The molecular weight excluding hydrogens is 281 g/mol. The van der Waals surface area contributed by atoms with E-state index in [1.807, 2.05) is 6.92 Å². The third-order valence-electron chi connectivity index (χ3n) is 2.49. The first-order valence-electron chi connectivity index (χ1n) is 5.69. The molecule has 106 valence electrons. The molecule has 0 aliphatic rings. The summed E-state index contributed by atoms with van der Waals surface area (Å²) in [5, 5.41) is 2.34. The largest absolute Gasteiger partial charge is 0.416 e. The second-order valence-corrected chi connectivity index (χ2v) is 4.48. The van der Waals surface area contributed by atoms with E-state index in [4.69, 9.17) is 17.3 Å². The number of carbonyl (C=O) groups is 1.